The Bertz CT molecular complexity index is 332. The van der Waals surface area contributed by atoms with Crippen LogP contribution in [-0.4, -0.2) is 11.2 Å². The Kier molecular flexibility index (Phi) is 4.49. The number of rotatable bonds is 4. The molecule has 0 radical (unpaired) electrons. The summed E-state index contributed by atoms with van der Waals surface area (Å²) in [6.45, 7) is 3.44. The Morgan fingerprint density at radius 3 is 2.71 bits per heavy atom. The smallest absolute Gasteiger partial charge is 0.0764 e. The van der Waals surface area contributed by atoms with Gasteiger partial charge in [0.15, 0.2) is 0 Å². The van der Waals surface area contributed by atoms with Gasteiger partial charge in [-0.25, -0.2) is 0 Å². The standard InChI is InChI=1S/C13H14O/c1-2-3-9-13(14)11-10-12-7-5-4-6-8-12/h3-8,10-11,13-14H,1,9H2/b11-10+. The summed E-state index contributed by atoms with van der Waals surface area (Å²) in [4.78, 5) is 0. The summed E-state index contributed by atoms with van der Waals surface area (Å²) in [7, 11) is 0. The van der Waals surface area contributed by atoms with E-state index in [1.165, 1.54) is 0 Å². The molecule has 1 unspecified atom stereocenters. The van der Waals surface area contributed by atoms with E-state index in [-0.39, 0.29) is 0 Å². The molecule has 72 valence electrons. The van der Waals surface area contributed by atoms with Gasteiger partial charge in [-0.15, -0.1) is 5.73 Å². The highest BCUT2D eigenvalue weighted by Gasteiger charge is 1.93. The van der Waals surface area contributed by atoms with Gasteiger partial charge >= 0.3 is 0 Å². The van der Waals surface area contributed by atoms with E-state index in [1.54, 1.807) is 12.2 Å². The highest BCUT2D eigenvalue weighted by molar-refractivity contribution is 5.49. The zero-order valence-corrected chi connectivity index (χ0v) is 8.06. The van der Waals surface area contributed by atoms with Gasteiger partial charge in [-0.3, -0.25) is 0 Å². The lowest BCUT2D eigenvalue weighted by molar-refractivity contribution is 0.228. The maximum atomic E-state index is 9.46. The summed E-state index contributed by atoms with van der Waals surface area (Å²) in [5.41, 5.74) is 3.72. The van der Waals surface area contributed by atoms with E-state index in [4.69, 9.17) is 0 Å². The van der Waals surface area contributed by atoms with Crippen molar-refractivity contribution in [3.63, 3.8) is 0 Å². The zero-order valence-electron chi connectivity index (χ0n) is 8.06. The van der Waals surface area contributed by atoms with Crippen LogP contribution < -0.4 is 0 Å². The summed E-state index contributed by atoms with van der Waals surface area (Å²) in [6, 6.07) is 9.89. The van der Waals surface area contributed by atoms with Crippen molar-refractivity contribution in [2.75, 3.05) is 0 Å². The highest BCUT2D eigenvalue weighted by Crippen LogP contribution is 2.03. The van der Waals surface area contributed by atoms with E-state index in [1.807, 2.05) is 36.4 Å². The molecule has 1 aromatic rings. The molecule has 0 amide bonds. The maximum Gasteiger partial charge on any atom is 0.0764 e. The molecule has 1 aromatic carbocycles. The van der Waals surface area contributed by atoms with Gasteiger partial charge in [0.25, 0.3) is 0 Å². The summed E-state index contributed by atoms with van der Waals surface area (Å²) in [5, 5.41) is 9.46. The molecule has 14 heavy (non-hydrogen) atoms. The van der Waals surface area contributed by atoms with E-state index in [9.17, 15) is 5.11 Å². The molecule has 0 saturated carbocycles. The van der Waals surface area contributed by atoms with Crippen molar-refractivity contribution < 1.29 is 5.11 Å². The molecular formula is C13H14O. The quantitative estimate of drug-likeness (QED) is 0.717. The topological polar surface area (TPSA) is 20.2 Å². The molecule has 0 spiro atoms. The van der Waals surface area contributed by atoms with Crippen molar-refractivity contribution in [2.45, 2.75) is 12.5 Å². The summed E-state index contributed by atoms with van der Waals surface area (Å²) >= 11 is 0. The van der Waals surface area contributed by atoms with Gasteiger partial charge in [-0.1, -0.05) is 49.1 Å². The van der Waals surface area contributed by atoms with Crippen LogP contribution in [0.25, 0.3) is 6.08 Å². The van der Waals surface area contributed by atoms with Crippen LogP contribution in [0.2, 0.25) is 0 Å². The third-order valence-corrected chi connectivity index (χ3v) is 1.81. The number of hydrogen-bond acceptors (Lipinski definition) is 1. The Labute approximate surface area is 84.7 Å². The van der Waals surface area contributed by atoms with Crippen molar-refractivity contribution in [1.29, 1.82) is 0 Å². The second-order valence-corrected chi connectivity index (χ2v) is 2.98. The average Bonchev–Trinajstić information content (AvgIpc) is 2.25. The Hall–Kier alpha value is -1.56. The molecule has 0 saturated heterocycles. The Balaban J connectivity index is 2.51. The van der Waals surface area contributed by atoms with Crippen LogP contribution in [0.4, 0.5) is 0 Å². The normalized spacial score (nSPS) is 12.4. The largest absolute Gasteiger partial charge is 0.389 e. The van der Waals surface area contributed by atoms with Crippen molar-refractivity contribution in [3.05, 3.63) is 60.4 Å². The summed E-state index contributed by atoms with van der Waals surface area (Å²) < 4.78 is 0. The predicted octanol–water partition coefficient (Wildman–Crippen LogP) is 2.79. The first-order chi connectivity index (χ1) is 6.83. The third-order valence-electron chi connectivity index (χ3n) is 1.81. The molecule has 0 aromatic heterocycles. The number of benzene rings is 1. The van der Waals surface area contributed by atoms with E-state index < -0.39 is 6.10 Å². The van der Waals surface area contributed by atoms with E-state index in [2.05, 4.69) is 12.3 Å². The molecular weight excluding hydrogens is 172 g/mol. The van der Waals surface area contributed by atoms with Gasteiger partial charge < -0.3 is 5.11 Å². The van der Waals surface area contributed by atoms with E-state index in [0.29, 0.717) is 6.42 Å². The lowest BCUT2D eigenvalue weighted by Crippen LogP contribution is -1.98. The minimum Gasteiger partial charge on any atom is -0.389 e. The maximum absolute atomic E-state index is 9.46. The predicted molar refractivity (Wildman–Crippen MR) is 59.8 cm³/mol. The van der Waals surface area contributed by atoms with Crippen LogP contribution in [-0.2, 0) is 0 Å². The number of hydrogen-bond donors (Lipinski definition) is 1. The molecule has 0 aliphatic carbocycles. The van der Waals surface area contributed by atoms with Crippen LogP contribution in [0, 0.1) is 0 Å². The van der Waals surface area contributed by atoms with Gasteiger partial charge in [-0.05, 0) is 11.6 Å². The molecule has 1 rings (SSSR count). The summed E-state index contributed by atoms with van der Waals surface area (Å²) in [6.07, 6.45) is 5.50. The molecule has 0 aliphatic heterocycles. The average molecular weight is 186 g/mol. The molecule has 0 fully saturated rings. The van der Waals surface area contributed by atoms with Gasteiger partial charge in [-0.2, -0.15) is 0 Å². The second-order valence-electron chi connectivity index (χ2n) is 2.98. The van der Waals surface area contributed by atoms with Gasteiger partial charge in [0.2, 0.25) is 0 Å². The van der Waals surface area contributed by atoms with E-state index >= 15 is 0 Å². The minimum absolute atomic E-state index is 0.454. The first-order valence-corrected chi connectivity index (χ1v) is 4.58. The zero-order chi connectivity index (χ0) is 10.2. The molecule has 1 nitrogen and oxygen atoms in total. The fourth-order valence-corrected chi connectivity index (χ4v) is 1.07. The van der Waals surface area contributed by atoms with Gasteiger partial charge in [0, 0.05) is 6.42 Å². The molecule has 0 bridgehead atoms. The minimum atomic E-state index is -0.454. The van der Waals surface area contributed by atoms with Crippen LogP contribution in [0.5, 0.6) is 0 Å². The van der Waals surface area contributed by atoms with Crippen molar-refractivity contribution >= 4 is 6.08 Å². The molecule has 1 atom stereocenters. The Morgan fingerprint density at radius 1 is 1.36 bits per heavy atom. The van der Waals surface area contributed by atoms with Gasteiger partial charge in [0.1, 0.15) is 0 Å². The first-order valence-electron chi connectivity index (χ1n) is 4.58. The lowest BCUT2D eigenvalue weighted by Gasteiger charge is -1.99. The fraction of sp³-hybridized carbons (Fsp3) is 0.154. The highest BCUT2D eigenvalue weighted by atomic mass is 16.3. The summed E-state index contributed by atoms with van der Waals surface area (Å²) in [5.74, 6) is 0. The second kappa shape index (κ2) is 5.98. The van der Waals surface area contributed by atoms with Crippen molar-refractivity contribution in [3.8, 4) is 0 Å². The van der Waals surface area contributed by atoms with Gasteiger partial charge in [0.05, 0.1) is 6.10 Å². The van der Waals surface area contributed by atoms with Crippen molar-refractivity contribution in [2.24, 2.45) is 0 Å². The molecule has 1 N–H and O–H groups in total. The number of aliphatic hydroxyl groups is 1. The Morgan fingerprint density at radius 2 is 2.07 bits per heavy atom. The van der Waals surface area contributed by atoms with Crippen LogP contribution in [0.15, 0.2) is 54.8 Å². The SMILES string of the molecule is C=C=CCC(O)/C=C/c1ccccc1. The van der Waals surface area contributed by atoms with E-state index in [0.717, 1.165) is 5.56 Å². The van der Waals surface area contributed by atoms with Crippen LogP contribution in [0.1, 0.15) is 12.0 Å². The lowest BCUT2D eigenvalue weighted by atomic mass is 10.1. The molecule has 0 aliphatic rings. The molecule has 0 heterocycles. The number of aliphatic hydroxyl groups excluding tert-OH is 1. The third kappa shape index (κ3) is 3.90. The molecule has 1 heteroatoms. The monoisotopic (exact) mass is 186 g/mol. The van der Waals surface area contributed by atoms with Crippen LogP contribution in [0.3, 0.4) is 0 Å². The first kappa shape index (κ1) is 10.5. The van der Waals surface area contributed by atoms with Crippen molar-refractivity contribution in [1.82, 2.24) is 0 Å². The van der Waals surface area contributed by atoms with Crippen LogP contribution >= 0.6 is 0 Å². The fourth-order valence-electron chi connectivity index (χ4n) is 1.07.